The summed E-state index contributed by atoms with van der Waals surface area (Å²) >= 11 is 7.07. The maximum atomic E-state index is 12.5. The second kappa shape index (κ2) is 22.0. The molecule has 1 heterocycles. The molecule has 0 fully saturated rings. The van der Waals surface area contributed by atoms with Crippen LogP contribution in [-0.4, -0.2) is 47.4 Å². The highest BCUT2D eigenvalue weighted by Crippen LogP contribution is 2.35. The quantitative estimate of drug-likeness (QED) is 0.0381. The number of aromatic amines is 2. The van der Waals surface area contributed by atoms with Crippen LogP contribution >= 0.6 is 31.9 Å². The lowest BCUT2D eigenvalue weighted by Crippen LogP contribution is -2.33. The number of anilines is 1. The topological polar surface area (TPSA) is 156 Å². The van der Waals surface area contributed by atoms with E-state index in [1.54, 1.807) is 6.20 Å². The van der Waals surface area contributed by atoms with Gasteiger partial charge in [0.1, 0.15) is 17.2 Å². The Labute approximate surface area is 279 Å². The smallest absolute Gasteiger partial charge is 0.350 e. The number of halogens is 2. The molecule has 0 bridgehead atoms. The van der Waals surface area contributed by atoms with Gasteiger partial charge in [-0.3, -0.25) is 15.3 Å². The zero-order valence-electron chi connectivity index (χ0n) is 26.3. The lowest BCUT2D eigenvalue weighted by Gasteiger charge is -2.13. The van der Waals surface area contributed by atoms with Gasteiger partial charge in [0.15, 0.2) is 0 Å². The zero-order valence-corrected chi connectivity index (χ0v) is 29.5. The second-order valence-corrected chi connectivity index (χ2v) is 13.3. The second-order valence-electron chi connectivity index (χ2n) is 11.6. The molecule has 0 aliphatic carbocycles. The van der Waals surface area contributed by atoms with Gasteiger partial charge in [0.2, 0.25) is 5.91 Å². The predicted octanol–water partition coefficient (Wildman–Crippen LogP) is 6.50. The maximum absolute atomic E-state index is 12.5. The first-order valence-electron chi connectivity index (χ1n) is 15.9. The molecule has 0 aliphatic heterocycles. The molecular weight excluding hydrogens is 692 g/mol. The van der Waals surface area contributed by atoms with Crippen LogP contribution in [0.4, 0.5) is 5.95 Å². The Bertz CT molecular complexity index is 1150. The number of aromatic nitrogens is 2. The third kappa shape index (κ3) is 15.9. The molecule has 2 amide bonds. The molecule has 2 aromatic rings. The molecule has 0 aliphatic rings. The summed E-state index contributed by atoms with van der Waals surface area (Å²) in [6, 6.07) is 3.65. The van der Waals surface area contributed by atoms with Crippen LogP contribution in [0.3, 0.4) is 0 Å². The van der Waals surface area contributed by atoms with E-state index in [0.29, 0.717) is 59.6 Å². The molecule has 1 aromatic carbocycles. The number of unbranched alkanes of at least 4 members (excludes halogenated alkanes) is 8. The Morgan fingerprint density at radius 3 is 2.20 bits per heavy atom. The molecule has 0 unspecified atom stereocenters. The molecule has 7 N–H and O–H groups in total. The van der Waals surface area contributed by atoms with Gasteiger partial charge in [-0.2, -0.15) is 0 Å². The van der Waals surface area contributed by atoms with Crippen LogP contribution in [0.1, 0.15) is 102 Å². The molecule has 1 aromatic heterocycles. The fourth-order valence-electron chi connectivity index (χ4n) is 4.80. The van der Waals surface area contributed by atoms with Crippen molar-refractivity contribution in [2.45, 2.75) is 104 Å². The van der Waals surface area contributed by atoms with E-state index in [0.717, 1.165) is 30.0 Å². The van der Waals surface area contributed by atoms with E-state index in [-0.39, 0.29) is 18.0 Å². The van der Waals surface area contributed by atoms with E-state index in [2.05, 4.69) is 71.5 Å². The Hall–Kier alpha value is -2.60. The number of rotatable bonds is 23. The van der Waals surface area contributed by atoms with Crippen molar-refractivity contribution in [3.63, 3.8) is 0 Å². The van der Waals surface area contributed by atoms with Gasteiger partial charge in [0.05, 0.1) is 21.7 Å². The summed E-state index contributed by atoms with van der Waals surface area (Å²) in [6.07, 6.45) is 16.3. The highest BCUT2D eigenvalue weighted by molar-refractivity contribution is 9.11. The highest BCUT2D eigenvalue weighted by atomic mass is 79.9. The summed E-state index contributed by atoms with van der Waals surface area (Å²) in [6.45, 7) is 5.93. The van der Waals surface area contributed by atoms with Gasteiger partial charge in [-0.1, -0.05) is 76.8 Å². The Morgan fingerprint density at radius 1 is 0.977 bits per heavy atom. The number of nitrogens with two attached hydrogens (primary N) is 1. The SMILES string of the molecule is CC(C)CCCCCCCCCCCC(=O)NCCCOc1c(Br)cc(CC(=NO)C(=O)NCCc2c[nH+]c(N)[nH]2)cc1Br. The van der Waals surface area contributed by atoms with E-state index in [4.69, 9.17) is 10.5 Å². The fraction of sp³-hybridized carbons (Fsp3) is 0.625. The summed E-state index contributed by atoms with van der Waals surface area (Å²) in [7, 11) is 0. The molecule has 246 valence electrons. The van der Waals surface area contributed by atoms with Crippen LogP contribution < -0.4 is 26.1 Å². The number of amides is 2. The highest BCUT2D eigenvalue weighted by Gasteiger charge is 2.16. The van der Waals surface area contributed by atoms with Gasteiger partial charge in [-0.15, -0.1) is 0 Å². The summed E-state index contributed by atoms with van der Waals surface area (Å²) in [5, 5.41) is 18.4. The number of carbonyl (C=O) groups excluding carboxylic acids is 2. The van der Waals surface area contributed by atoms with E-state index in [1.165, 1.54) is 51.4 Å². The van der Waals surface area contributed by atoms with Gasteiger partial charge in [0, 0.05) is 32.4 Å². The Morgan fingerprint density at radius 2 is 1.61 bits per heavy atom. The van der Waals surface area contributed by atoms with E-state index >= 15 is 0 Å². The van der Waals surface area contributed by atoms with Gasteiger partial charge in [-0.25, -0.2) is 9.97 Å². The minimum Gasteiger partial charge on any atom is -0.491 e. The number of benzene rings is 1. The minimum atomic E-state index is -0.455. The number of hydrogen-bond acceptors (Lipinski definition) is 6. The van der Waals surface area contributed by atoms with Crippen molar-refractivity contribution in [3.8, 4) is 5.75 Å². The monoisotopic (exact) mass is 741 g/mol. The van der Waals surface area contributed by atoms with Crippen molar-refractivity contribution in [2.24, 2.45) is 11.1 Å². The van der Waals surface area contributed by atoms with Crippen molar-refractivity contribution < 1.29 is 24.5 Å². The first-order chi connectivity index (χ1) is 21.2. The predicted molar refractivity (Wildman–Crippen MR) is 182 cm³/mol. The third-order valence-electron chi connectivity index (χ3n) is 7.26. The summed E-state index contributed by atoms with van der Waals surface area (Å²) < 4.78 is 7.35. The number of H-pyrrole nitrogens is 2. The zero-order chi connectivity index (χ0) is 32.2. The number of hydrogen-bond donors (Lipinski definition) is 5. The normalized spacial score (nSPS) is 11.6. The molecule has 2 rings (SSSR count). The molecule has 0 radical (unpaired) electrons. The molecular formula is C32H51Br2N6O4+. The largest absolute Gasteiger partial charge is 0.491 e. The number of nitrogens with zero attached hydrogens (tertiary/aromatic N) is 1. The van der Waals surface area contributed by atoms with Gasteiger partial charge in [0.25, 0.3) is 5.91 Å². The standard InChI is InChI=1S/C32H50Br2N6O4/c1-23(2)13-10-8-6-4-3-5-7-9-11-14-29(41)36-16-12-18-44-30-26(33)19-24(20-27(30)34)21-28(40-43)31(42)37-17-15-25-22-38-32(35)39-25/h19-20,22-23,43H,3-18,21H2,1-2H3,(H,36,41)(H,37,42)(H3,35,38,39)/p+1. The number of imidazole rings is 1. The van der Waals surface area contributed by atoms with Crippen molar-refractivity contribution in [3.05, 3.63) is 38.5 Å². The van der Waals surface area contributed by atoms with Crippen molar-refractivity contribution >= 4 is 55.3 Å². The maximum Gasteiger partial charge on any atom is 0.350 e. The number of nitrogens with one attached hydrogen (secondary N) is 4. The fourth-order valence-corrected chi connectivity index (χ4v) is 6.31. The first kappa shape index (κ1) is 37.6. The molecule has 10 nitrogen and oxygen atoms in total. The third-order valence-corrected chi connectivity index (χ3v) is 8.44. The molecule has 0 spiro atoms. The van der Waals surface area contributed by atoms with Crippen LogP contribution in [0.5, 0.6) is 5.75 Å². The number of carbonyl (C=O) groups is 2. The Balaban J connectivity index is 1.58. The van der Waals surface area contributed by atoms with Crippen LogP contribution in [0.2, 0.25) is 0 Å². The number of oxime groups is 1. The molecule has 0 saturated carbocycles. The number of ether oxygens (including phenoxy) is 1. The summed E-state index contributed by atoms with van der Waals surface area (Å²) in [5.41, 5.74) is 7.22. The van der Waals surface area contributed by atoms with Crippen molar-refractivity contribution in [1.29, 1.82) is 0 Å². The van der Waals surface area contributed by atoms with E-state index in [9.17, 15) is 14.8 Å². The lowest BCUT2D eigenvalue weighted by molar-refractivity contribution is -0.358. The molecule has 0 saturated heterocycles. The average Bonchev–Trinajstić information content (AvgIpc) is 3.39. The van der Waals surface area contributed by atoms with E-state index < -0.39 is 5.91 Å². The summed E-state index contributed by atoms with van der Waals surface area (Å²) in [5.74, 6) is 1.53. The van der Waals surface area contributed by atoms with Gasteiger partial charge >= 0.3 is 5.95 Å². The summed E-state index contributed by atoms with van der Waals surface area (Å²) in [4.78, 5) is 30.5. The van der Waals surface area contributed by atoms with Crippen LogP contribution in [0.15, 0.2) is 32.4 Å². The van der Waals surface area contributed by atoms with Crippen molar-refractivity contribution in [2.75, 3.05) is 25.4 Å². The average molecular weight is 744 g/mol. The molecule has 12 heteroatoms. The Kier molecular flexibility index (Phi) is 18.8. The number of nitrogen functional groups attached to an aromatic ring is 1. The van der Waals surface area contributed by atoms with Crippen molar-refractivity contribution in [1.82, 2.24) is 15.6 Å². The van der Waals surface area contributed by atoms with Gasteiger partial charge in [-0.05, 0) is 68.3 Å². The molecule has 0 atom stereocenters. The molecule has 44 heavy (non-hydrogen) atoms. The van der Waals surface area contributed by atoms with Crippen LogP contribution in [0.25, 0.3) is 0 Å². The van der Waals surface area contributed by atoms with Crippen LogP contribution in [-0.2, 0) is 22.4 Å². The minimum absolute atomic E-state index is 0.00586. The lowest BCUT2D eigenvalue weighted by atomic mass is 10.0. The van der Waals surface area contributed by atoms with Crippen LogP contribution in [0, 0.1) is 5.92 Å². The van der Waals surface area contributed by atoms with E-state index in [1.807, 2.05) is 12.1 Å². The van der Waals surface area contributed by atoms with Gasteiger partial charge < -0.3 is 20.6 Å². The first-order valence-corrected chi connectivity index (χ1v) is 17.5.